The normalized spacial score (nSPS) is 10.8. The van der Waals surface area contributed by atoms with Gasteiger partial charge in [0.05, 0.1) is 26.5 Å². The number of ether oxygens (including phenoxy) is 1. The fourth-order valence-corrected chi connectivity index (χ4v) is 4.91. The second kappa shape index (κ2) is 11.6. The fourth-order valence-electron chi connectivity index (χ4n) is 3.97. The van der Waals surface area contributed by atoms with E-state index in [9.17, 15) is 4.79 Å². The highest BCUT2D eigenvalue weighted by atomic mass is 32.2. The van der Waals surface area contributed by atoms with E-state index < -0.39 is 0 Å². The van der Waals surface area contributed by atoms with E-state index in [4.69, 9.17) is 9.15 Å². The van der Waals surface area contributed by atoms with Gasteiger partial charge in [-0.3, -0.25) is 9.36 Å². The van der Waals surface area contributed by atoms with Gasteiger partial charge >= 0.3 is 0 Å². The van der Waals surface area contributed by atoms with E-state index in [1.165, 1.54) is 0 Å². The number of nitrogens with zero attached hydrogens (tertiary/aromatic N) is 3. The molecule has 0 atom stereocenters. The third kappa shape index (κ3) is 5.92. The van der Waals surface area contributed by atoms with E-state index in [-0.39, 0.29) is 5.91 Å². The van der Waals surface area contributed by atoms with Gasteiger partial charge < -0.3 is 14.5 Å². The van der Waals surface area contributed by atoms with Crippen molar-refractivity contribution in [3.8, 4) is 17.1 Å². The molecule has 0 radical (unpaired) electrons. The Hall–Kier alpha value is -4.30. The number of aromatic nitrogens is 3. The number of hydrogen-bond acceptors (Lipinski definition) is 6. The maximum atomic E-state index is 12.9. The minimum absolute atomic E-state index is 0.143. The predicted octanol–water partition coefficient (Wildman–Crippen LogP) is 5.82. The zero-order valence-corrected chi connectivity index (χ0v) is 21.2. The van der Waals surface area contributed by atoms with Crippen LogP contribution in [0.15, 0.2) is 107 Å². The lowest BCUT2D eigenvalue weighted by Crippen LogP contribution is -2.23. The summed E-state index contributed by atoms with van der Waals surface area (Å²) < 4.78 is 12.9. The fraction of sp³-hybridized carbons (Fsp3) is 0.138. The Morgan fingerprint density at radius 1 is 0.973 bits per heavy atom. The molecule has 0 saturated carbocycles. The molecule has 0 aliphatic carbocycles. The van der Waals surface area contributed by atoms with Crippen LogP contribution in [0.1, 0.15) is 27.2 Å². The molecule has 2 heterocycles. The number of rotatable bonds is 10. The number of amides is 1. The summed E-state index contributed by atoms with van der Waals surface area (Å²) in [5.41, 5.74) is 3.61. The molecule has 5 rings (SSSR count). The van der Waals surface area contributed by atoms with Gasteiger partial charge in [0.2, 0.25) is 0 Å². The van der Waals surface area contributed by atoms with Crippen molar-refractivity contribution in [2.45, 2.75) is 24.0 Å². The summed E-state index contributed by atoms with van der Waals surface area (Å²) in [5, 5.41) is 12.8. The van der Waals surface area contributed by atoms with Gasteiger partial charge in [-0.1, -0.05) is 72.4 Å². The van der Waals surface area contributed by atoms with Crippen LogP contribution in [0.2, 0.25) is 0 Å². The van der Waals surface area contributed by atoms with E-state index in [0.717, 1.165) is 33.4 Å². The molecule has 2 aromatic heterocycles. The maximum Gasteiger partial charge on any atom is 0.251 e. The minimum Gasteiger partial charge on any atom is -0.497 e. The summed E-state index contributed by atoms with van der Waals surface area (Å²) in [4.78, 5) is 12.9. The minimum atomic E-state index is -0.143. The number of hydrogen-bond donors (Lipinski definition) is 1. The molecule has 8 heteroatoms. The van der Waals surface area contributed by atoms with Gasteiger partial charge in [0.15, 0.2) is 11.0 Å². The Balaban J connectivity index is 1.39. The van der Waals surface area contributed by atoms with E-state index in [1.807, 2.05) is 72.8 Å². The summed E-state index contributed by atoms with van der Waals surface area (Å²) in [6.45, 7) is 0.955. The van der Waals surface area contributed by atoms with Crippen molar-refractivity contribution in [1.82, 2.24) is 20.1 Å². The number of thioether (sulfide) groups is 1. The molecule has 5 aromatic rings. The molecule has 186 valence electrons. The molecule has 0 bridgehead atoms. The molecular weight excluding hydrogens is 484 g/mol. The van der Waals surface area contributed by atoms with Crippen LogP contribution in [-0.4, -0.2) is 27.8 Å². The number of benzene rings is 3. The van der Waals surface area contributed by atoms with Gasteiger partial charge in [-0.2, -0.15) is 0 Å². The number of nitrogens with one attached hydrogen (secondary N) is 1. The highest BCUT2D eigenvalue weighted by molar-refractivity contribution is 7.98. The van der Waals surface area contributed by atoms with Crippen LogP contribution in [0.4, 0.5) is 0 Å². The quantitative estimate of drug-likeness (QED) is 0.239. The van der Waals surface area contributed by atoms with Crippen molar-refractivity contribution in [1.29, 1.82) is 0 Å². The number of carbonyl (C=O) groups is 1. The van der Waals surface area contributed by atoms with Crippen LogP contribution < -0.4 is 10.1 Å². The molecule has 1 N–H and O–H groups in total. The van der Waals surface area contributed by atoms with E-state index >= 15 is 0 Å². The second-order valence-electron chi connectivity index (χ2n) is 8.32. The Kier molecular flexibility index (Phi) is 7.66. The van der Waals surface area contributed by atoms with Crippen LogP contribution in [0, 0.1) is 0 Å². The first-order valence-corrected chi connectivity index (χ1v) is 12.8. The lowest BCUT2D eigenvalue weighted by molar-refractivity contribution is 0.0947. The van der Waals surface area contributed by atoms with Crippen LogP contribution in [0.3, 0.4) is 0 Å². The van der Waals surface area contributed by atoms with Crippen molar-refractivity contribution in [3.63, 3.8) is 0 Å². The summed E-state index contributed by atoms with van der Waals surface area (Å²) in [6.07, 6.45) is 1.59. The standard InChI is InChI=1S/C29H26N4O3S/c1-35-24-13-7-12-22(17-24)27-31-32-29(33(27)19-21-9-3-2-4-10-21)37-20-23-11-5-6-15-26(23)28(34)30-18-25-14-8-16-36-25/h2-17H,18-20H2,1H3,(H,30,34). The maximum absolute atomic E-state index is 12.9. The van der Waals surface area contributed by atoms with Crippen LogP contribution in [0.5, 0.6) is 5.75 Å². The summed E-state index contributed by atoms with van der Waals surface area (Å²) in [7, 11) is 1.65. The Bertz CT molecular complexity index is 1470. The zero-order valence-electron chi connectivity index (χ0n) is 20.3. The number of carbonyl (C=O) groups excluding carboxylic acids is 1. The third-order valence-electron chi connectivity index (χ3n) is 5.85. The molecule has 0 aliphatic rings. The third-order valence-corrected chi connectivity index (χ3v) is 6.87. The van der Waals surface area contributed by atoms with Gasteiger partial charge in [-0.15, -0.1) is 10.2 Å². The van der Waals surface area contributed by atoms with Crippen molar-refractivity contribution in [2.75, 3.05) is 7.11 Å². The van der Waals surface area contributed by atoms with Gasteiger partial charge in [-0.05, 0) is 41.5 Å². The first kappa shape index (κ1) is 24.4. The highest BCUT2D eigenvalue weighted by Crippen LogP contribution is 2.30. The predicted molar refractivity (Wildman–Crippen MR) is 143 cm³/mol. The van der Waals surface area contributed by atoms with E-state index in [1.54, 1.807) is 31.2 Å². The first-order chi connectivity index (χ1) is 18.2. The topological polar surface area (TPSA) is 82.2 Å². The van der Waals surface area contributed by atoms with Crippen LogP contribution in [0.25, 0.3) is 11.4 Å². The first-order valence-electron chi connectivity index (χ1n) is 11.8. The summed E-state index contributed by atoms with van der Waals surface area (Å²) in [5.74, 6) is 2.65. The molecule has 0 unspecified atom stereocenters. The van der Waals surface area contributed by atoms with Crippen molar-refractivity contribution < 1.29 is 13.9 Å². The van der Waals surface area contributed by atoms with Crippen LogP contribution in [-0.2, 0) is 18.8 Å². The Labute approximate surface area is 219 Å². The average molecular weight is 511 g/mol. The SMILES string of the molecule is COc1cccc(-c2nnc(SCc3ccccc3C(=O)NCc3ccco3)n2Cc2ccccc2)c1. The molecule has 3 aromatic carbocycles. The lowest BCUT2D eigenvalue weighted by atomic mass is 10.1. The monoisotopic (exact) mass is 510 g/mol. The Morgan fingerprint density at radius 2 is 1.81 bits per heavy atom. The zero-order chi connectivity index (χ0) is 25.5. The van der Waals surface area contributed by atoms with Crippen molar-refractivity contribution in [3.05, 3.63) is 120 Å². The molecule has 1 amide bonds. The van der Waals surface area contributed by atoms with E-state index in [2.05, 4.69) is 32.2 Å². The van der Waals surface area contributed by atoms with E-state index in [0.29, 0.717) is 30.2 Å². The molecule has 0 aliphatic heterocycles. The van der Waals surface area contributed by atoms with Gasteiger partial charge in [-0.25, -0.2) is 0 Å². The van der Waals surface area contributed by atoms with Gasteiger partial charge in [0.1, 0.15) is 11.5 Å². The van der Waals surface area contributed by atoms with Gasteiger partial charge in [0.25, 0.3) is 5.91 Å². The summed E-state index contributed by atoms with van der Waals surface area (Å²) in [6, 6.07) is 29.3. The average Bonchev–Trinajstić information content (AvgIpc) is 3.61. The smallest absolute Gasteiger partial charge is 0.251 e. The number of methoxy groups -OCH3 is 1. The largest absolute Gasteiger partial charge is 0.497 e. The van der Waals surface area contributed by atoms with Crippen LogP contribution >= 0.6 is 11.8 Å². The summed E-state index contributed by atoms with van der Waals surface area (Å²) >= 11 is 1.55. The highest BCUT2D eigenvalue weighted by Gasteiger charge is 2.17. The van der Waals surface area contributed by atoms with Crippen molar-refractivity contribution in [2.24, 2.45) is 0 Å². The Morgan fingerprint density at radius 3 is 2.62 bits per heavy atom. The van der Waals surface area contributed by atoms with Gasteiger partial charge in [0, 0.05) is 16.9 Å². The molecule has 7 nitrogen and oxygen atoms in total. The molecule has 37 heavy (non-hydrogen) atoms. The molecule has 0 saturated heterocycles. The lowest BCUT2D eigenvalue weighted by Gasteiger charge is -2.12. The molecular formula is C29H26N4O3S. The number of furan rings is 1. The molecule has 0 spiro atoms. The van der Waals surface area contributed by atoms with Crippen molar-refractivity contribution >= 4 is 17.7 Å². The molecule has 0 fully saturated rings. The second-order valence-corrected chi connectivity index (χ2v) is 9.26.